The van der Waals surface area contributed by atoms with E-state index >= 15 is 0 Å². The Balaban J connectivity index is 3.14. The van der Waals surface area contributed by atoms with Gasteiger partial charge in [-0.25, -0.2) is 0 Å². The van der Waals surface area contributed by atoms with E-state index in [-0.39, 0.29) is 0 Å². The third kappa shape index (κ3) is 3.13. The fraction of sp³-hybridized carbons (Fsp3) is 1.00. The van der Waals surface area contributed by atoms with Crippen molar-refractivity contribution in [3.05, 3.63) is 0 Å². The van der Waals surface area contributed by atoms with Crippen molar-refractivity contribution < 1.29 is 5.11 Å². The molecule has 0 aliphatic carbocycles. The summed E-state index contributed by atoms with van der Waals surface area (Å²) in [6, 6.07) is 0. The third-order valence-electron chi connectivity index (χ3n) is 1.07. The Kier molecular flexibility index (Phi) is 3.77. The van der Waals surface area contributed by atoms with Crippen molar-refractivity contribution in [1.29, 1.82) is 0 Å². The van der Waals surface area contributed by atoms with Crippen LogP contribution in [0.5, 0.6) is 0 Å². The van der Waals surface area contributed by atoms with Crippen LogP contribution in [0.25, 0.3) is 0 Å². The monoisotopic (exact) mass is 164 g/mol. The van der Waals surface area contributed by atoms with Gasteiger partial charge in [0.2, 0.25) is 0 Å². The number of rotatable bonds is 2. The minimum absolute atomic E-state index is 0.345. The maximum atomic E-state index is 8.52. The summed E-state index contributed by atoms with van der Waals surface area (Å²) in [5.74, 6) is 0.644. The van der Waals surface area contributed by atoms with E-state index in [1.165, 1.54) is 0 Å². The van der Waals surface area contributed by atoms with Gasteiger partial charge in [-0.1, -0.05) is 0 Å². The van der Waals surface area contributed by atoms with Gasteiger partial charge in [0, 0.05) is 0 Å². The van der Waals surface area contributed by atoms with Crippen LogP contribution in [0.15, 0.2) is 0 Å². The molecule has 2 atom stereocenters. The van der Waals surface area contributed by atoms with Crippen molar-refractivity contribution in [3.63, 3.8) is 0 Å². The predicted molar refractivity (Wildman–Crippen MR) is 34.2 cm³/mol. The van der Waals surface area contributed by atoms with E-state index in [9.17, 15) is 0 Å². The Labute approximate surface area is 53.6 Å². The Morgan fingerprint density at radius 1 is 1.57 bits per heavy atom. The maximum absolute atomic E-state index is 8.52. The van der Waals surface area contributed by atoms with E-state index in [1.54, 1.807) is 16.9 Å². The molecule has 0 aromatic carbocycles. The Morgan fingerprint density at radius 3 is 2.00 bits per heavy atom. The molecule has 0 bridgehead atoms. The molecule has 44 valence electrons. The summed E-state index contributed by atoms with van der Waals surface area (Å²) in [7, 11) is 0. The van der Waals surface area contributed by atoms with Crippen molar-refractivity contribution >= 4 is 16.9 Å². The molecular formula is C5H13AsO. The summed E-state index contributed by atoms with van der Waals surface area (Å²) in [6.45, 7) is 4.60. The summed E-state index contributed by atoms with van der Waals surface area (Å²) >= 11 is 1.63. The summed E-state index contributed by atoms with van der Waals surface area (Å²) in [5, 5.41) is 8.52. The molecule has 0 saturated carbocycles. The first-order chi connectivity index (χ1) is 3.18. The number of aliphatic hydroxyl groups is 1. The molecule has 0 radical (unpaired) electrons. The quantitative estimate of drug-likeness (QED) is 0.572. The van der Waals surface area contributed by atoms with Crippen LogP contribution >= 0.6 is 0 Å². The van der Waals surface area contributed by atoms with Gasteiger partial charge in [0.25, 0.3) is 0 Å². The Morgan fingerprint density at radius 2 is 2.00 bits per heavy atom. The van der Waals surface area contributed by atoms with Gasteiger partial charge in [-0.3, -0.25) is 0 Å². The Hall–Kier alpha value is 0.518. The van der Waals surface area contributed by atoms with Crippen LogP contribution in [0, 0.1) is 5.92 Å². The van der Waals surface area contributed by atoms with Crippen LogP contribution in [0.3, 0.4) is 0 Å². The van der Waals surface area contributed by atoms with Gasteiger partial charge in [-0.15, -0.1) is 0 Å². The number of aliphatic hydroxyl groups excluding tert-OH is 1. The molecule has 2 heteroatoms. The molecule has 0 spiro atoms. The van der Waals surface area contributed by atoms with Gasteiger partial charge < -0.3 is 0 Å². The summed E-state index contributed by atoms with van der Waals surface area (Å²) < 4.78 is 0.521. The van der Waals surface area contributed by atoms with Gasteiger partial charge in [-0.05, 0) is 0 Å². The molecule has 1 unspecified atom stereocenters. The molecule has 1 N–H and O–H groups in total. The van der Waals surface area contributed by atoms with Crippen molar-refractivity contribution in [2.24, 2.45) is 5.92 Å². The van der Waals surface area contributed by atoms with Crippen LogP contribution in [-0.4, -0.2) is 28.6 Å². The zero-order valence-electron chi connectivity index (χ0n) is 4.89. The average molecular weight is 164 g/mol. The molecule has 0 rings (SSSR count). The average Bonchev–Trinajstić information content (AvgIpc) is 1.65. The van der Waals surface area contributed by atoms with Gasteiger partial charge in [0.1, 0.15) is 0 Å². The molecule has 0 aliphatic rings. The van der Waals surface area contributed by atoms with Crippen LogP contribution in [0.4, 0.5) is 0 Å². The standard InChI is InChI=1S/C5H13AsO/c1-4(2)5(6)3-7/h4-5,7H,3,6H2,1-2H3/t5-/m1/s1. The van der Waals surface area contributed by atoms with Crippen LogP contribution in [-0.2, 0) is 0 Å². The van der Waals surface area contributed by atoms with E-state index in [0.717, 1.165) is 0 Å². The van der Waals surface area contributed by atoms with E-state index in [2.05, 4.69) is 13.8 Å². The van der Waals surface area contributed by atoms with E-state index < -0.39 is 0 Å². The fourth-order valence-electron chi connectivity index (χ4n) is 0.211. The molecule has 0 saturated heterocycles. The molecule has 7 heavy (non-hydrogen) atoms. The zero-order chi connectivity index (χ0) is 5.86. The summed E-state index contributed by atoms with van der Waals surface area (Å²) in [5.41, 5.74) is 0. The second kappa shape index (κ2) is 3.51. The van der Waals surface area contributed by atoms with Crippen molar-refractivity contribution in [1.82, 2.24) is 0 Å². The zero-order valence-corrected chi connectivity index (χ0v) is 7.31. The van der Waals surface area contributed by atoms with Gasteiger partial charge in [0.05, 0.1) is 0 Å². The van der Waals surface area contributed by atoms with Crippen molar-refractivity contribution in [2.45, 2.75) is 18.6 Å². The second-order valence-corrected chi connectivity index (χ2v) is 3.89. The van der Waals surface area contributed by atoms with Crippen molar-refractivity contribution in [3.8, 4) is 0 Å². The molecule has 1 nitrogen and oxygen atoms in total. The van der Waals surface area contributed by atoms with E-state index in [4.69, 9.17) is 5.11 Å². The SMILES string of the molecule is CC(C)[C@H]([AsH2])CO. The topological polar surface area (TPSA) is 20.2 Å². The first kappa shape index (κ1) is 7.52. The third-order valence-corrected chi connectivity index (χ3v) is 3.12. The molecule has 0 aliphatic heterocycles. The minimum atomic E-state index is 0.345. The molecule has 0 fully saturated rings. The molecule has 0 amide bonds. The van der Waals surface area contributed by atoms with Crippen LogP contribution in [0.1, 0.15) is 13.8 Å². The van der Waals surface area contributed by atoms with Crippen LogP contribution < -0.4 is 0 Å². The number of hydrogen-bond acceptors (Lipinski definition) is 1. The van der Waals surface area contributed by atoms with E-state index in [1.807, 2.05) is 0 Å². The van der Waals surface area contributed by atoms with Crippen molar-refractivity contribution in [2.75, 3.05) is 6.61 Å². The number of hydrogen-bond donors (Lipinski definition) is 1. The van der Waals surface area contributed by atoms with Crippen LogP contribution in [0.2, 0.25) is 4.71 Å². The molecule has 0 aromatic rings. The predicted octanol–water partition coefficient (Wildman–Crippen LogP) is 0.0563. The Bertz CT molecular complexity index is 45.3. The molecule has 0 aromatic heterocycles. The second-order valence-electron chi connectivity index (χ2n) is 2.09. The summed E-state index contributed by atoms with van der Waals surface area (Å²) in [4.78, 5) is 0. The van der Waals surface area contributed by atoms with E-state index in [0.29, 0.717) is 17.2 Å². The normalized spacial score (nSPS) is 15.0. The van der Waals surface area contributed by atoms with Gasteiger partial charge >= 0.3 is 53.0 Å². The first-order valence-electron chi connectivity index (χ1n) is 2.55. The fourth-order valence-corrected chi connectivity index (χ4v) is 0.211. The molecular weight excluding hydrogens is 151 g/mol. The summed E-state index contributed by atoms with van der Waals surface area (Å²) in [6.07, 6.45) is 0. The van der Waals surface area contributed by atoms with Gasteiger partial charge in [-0.2, -0.15) is 0 Å². The van der Waals surface area contributed by atoms with Gasteiger partial charge in [0.15, 0.2) is 0 Å². The molecule has 0 heterocycles. The first-order valence-corrected chi connectivity index (χ1v) is 3.94.